The molecular weight excluding hydrogens is 450 g/mol. The topological polar surface area (TPSA) is 123 Å². The molecule has 1 heterocycles. The molecular formula is C23H24ClN3O6. The molecule has 0 amide bonds. The van der Waals surface area contributed by atoms with Crippen LogP contribution in [-0.4, -0.2) is 53.0 Å². The number of hydrogen-bond donors (Lipinski definition) is 3. The van der Waals surface area contributed by atoms with E-state index in [4.69, 9.17) is 30.9 Å². The van der Waals surface area contributed by atoms with E-state index in [1.807, 2.05) is 48.5 Å². The van der Waals surface area contributed by atoms with Crippen molar-refractivity contribution in [2.24, 2.45) is 0 Å². The molecule has 33 heavy (non-hydrogen) atoms. The van der Waals surface area contributed by atoms with Crippen molar-refractivity contribution in [1.29, 1.82) is 0 Å². The third-order valence-electron chi connectivity index (χ3n) is 4.82. The summed E-state index contributed by atoms with van der Waals surface area (Å²) in [5, 5.41) is 21.5. The van der Waals surface area contributed by atoms with Gasteiger partial charge >= 0.3 is 12.0 Å². The molecule has 0 saturated carbocycles. The zero-order chi connectivity index (χ0) is 23.8. The molecule has 0 bridgehead atoms. The molecule has 3 N–H and O–H groups in total. The zero-order valence-corrected chi connectivity index (χ0v) is 18.9. The van der Waals surface area contributed by atoms with Crippen LogP contribution in [0.2, 0.25) is 5.02 Å². The van der Waals surface area contributed by atoms with Gasteiger partial charge in [0.25, 0.3) is 0 Å². The van der Waals surface area contributed by atoms with Crippen LogP contribution < -0.4 is 19.5 Å². The summed E-state index contributed by atoms with van der Waals surface area (Å²) in [6.45, 7) is -0.477. The number of aliphatic carboxylic acids is 1. The van der Waals surface area contributed by atoms with E-state index in [2.05, 4.69) is 15.3 Å². The monoisotopic (exact) mass is 473 g/mol. The lowest BCUT2D eigenvalue weighted by molar-refractivity contribution is -0.140. The minimum Gasteiger partial charge on any atom is -0.481 e. The number of nitrogens with one attached hydrogen (secondary N) is 1. The van der Waals surface area contributed by atoms with E-state index < -0.39 is 18.6 Å². The standard InChI is InChI=1S/C23H24ClN3O6/c1-31-20-17(11-25-18(12-28)22(29)30)21(32-2)27-23(26-20)33-13-15-9-6-10-16(19(15)24)14-7-4-3-5-8-14/h3-10,18,25,28H,11-13H2,1-2H3,(H,29,30). The van der Waals surface area contributed by atoms with Crippen LogP contribution in [0.15, 0.2) is 48.5 Å². The van der Waals surface area contributed by atoms with Gasteiger partial charge in [0.2, 0.25) is 11.8 Å². The summed E-state index contributed by atoms with van der Waals surface area (Å²) in [5.41, 5.74) is 3.00. The maximum absolute atomic E-state index is 11.1. The second-order valence-electron chi connectivity index (χ2n) is 6.89. The summed E-state index contributed by atoms with van der Waals surface area (Å²) in [6.07, 6.45) is 0. The highest BCUT2D eigenvalue weighted by molar-refractivity contribution is 6.34. The molecule has 9 nitrogen and oxygen atoms in total. The number of aliphatic hydroxyl groups is 1. The van der Waals surface area contributed by atoms with Gasteiger partial charge in [-0.15, -0.1) is 0 Å². The number of hydrogen-bond acceptors (Lipinski definition) is 8. The quantitative estimate of drug-likeness (QED) is 0.385. The third kappa shape index (κ3) is 5.89. The molecule has 0 aliphatic rings. The van der Waals surface area contributed by atoms with Gasteiger partial charge in [0.1, 0.15) is 12.6 Å². The minimum absolute atomic E-state index is 0.00486. The molecule has 3 rings (SSSR count). The summed E-state index contributed by atoms with van der Waals surface area (Å²) in [4.78, 5) is 19.6. The average Bonchev–Trinajstić information content (AvgIpc) is 2.84. The highest BCUT2D eigenvalue weighted by Gasteiger charge is 2.21. The largest absolute Gasteiger partial charge is 0.481 e. The van der Waals surface area contributed by atoms with Crippen molar-refractivity contribution in [3.05, 3.63) is 64.7 Å². The van der Waals surface area contributed by atoms with Gasteiger partial charge in [0.15, 0.2) is 0 Å². The van der Waals surface area contributed by atoms with Crippen LogP contribution in [0, 0.1) is 0 Å². The molecule has 1 unspecified atom stereocenters. The average molecular weight is 474 g/mol. The van der Waals surface area contributed by atoms with Crippen LogP contribution in [0.5, 0.6) is 17.8 Å². The number of rotatable bonds is 11. The highest BCUT2D eigenvalue weighted by atomic mass is 35.5. The Bertz CT molecular complexity index is 1070. The number of aromatic nitrogens is 2. The Morgan fingerprint density at radius 3 is 2.30 bits per heavy atom. The first kappa shape index (κ1) is 24.2. The van der Waals surface area contributed by atoms with E-state index in [1.165, 1.54) is 14.2 Å². The maximum Gasteiger partial charge on any atom is 0.323 e. The van der Waals surface area contributed by atoms with Crippen molar-refractivity contribution in [3.8, 4) is 28.9 Å². The molecule has 174 valence electrons. The van der Waals surface area contributed by atoms with Crippen molar-refractivity contribution < 1.29 is 29.2 Å². The van der Waals surface area contributed by atoms with Crippen LogP contribution >= 0.6 is 11.6 Å². The minimum atomic E-state index is -1.19. The van der Waals surface area contributed by atoms with Crippen molar-refractivity contribution in [2.75, 3.05) is 20.8 Å². The van der Waals surface area contributed by atoms with Gasteiger partial charge in [-0.3, -0.25) is 10.1 Å². The van der Waals surface area contributed by atoms with Crippen molar-refractivity contribution in [3.63, 3.8) is 0 Å². The van der Waals surface area contributed by atoms with Crippen molar-refractivity contribution in [1.82, 2.24) is 15.3 Å². The first-order valence-electron chi connectivity index (χ1n) is 10.00. The fourth-order valence-electron chi connectivity index (χ4n) is 3.11. The first-order valence-corrected chi connectivity index (χ1v) is 10.4. The normalized spacial score (nSPS) is 11.6. The summed E-state index contributed by atoms with van der Waals surface area (Å²) >= 11 is 6.62. The van der Waals surface area contributed by atoms with E-state index in [-0.39, 0.29) is 30.9 Å². The van der Waals surface area contributed by atoms with E-state index >= 15 is 0 Å². The molecule has 0 spiro atoms. The Morgan fingerprint density at radius 2 is 1.73 bits per heavy atom. The number of aliphatic hydroxyl groups excluding tert-OH is 1. The van der Waals surface area contributed by atoms with Crippen LogP contribution in [0.4, 0.5) is 0 Å². The number of carboxylic acids is 1. The van der Waals surface area contributed by atoms with Crippen LogP contribution in [0.1, 0.15) is 11.1 Å². The highest BCUT2D eigenvalue weighted by Crippen LogP contribution is 2.32. The van der Waals surface area contributed by atoms with Crippen molar-refractivity contribution >= 4 is 17.6 Å². The van der Waals surface area contributed by atoms with E-state index in [0.717, 1.165) is 16.7 Å². The number of halogens is 1. The van der Waals surface area contributed by atoms with Crippen molar-refractivity contribution in [2.45, 2.75) is 19.2 Å². The fraction of sp³-hybridized carbons (Fsp3) is 0.261. The van der Waals surface area contributed by atoms with E-state index in [0.29, 0.717) is 10.6 Å². The van der Waals surface area contributed by atoms with Crippen LogP contribution in [-0.2, 0) is 17.9 Å². The molecule has 0 aliphatic heterocycles. The molecule has 2 aromatic carbocycles. The van der Waals surface area contributed by atoms with Gasteiger partial charge in [-0.2, -0.15) is 9.97 Å². The van der Waals surface area contributed by atoms with Gasteiger partial charge in [-0.05, 0) is 5.56 Å². The summed E-state index contributed by atoms with van der Waals surface area (Å²) < 4.78 is 16.4. The lowest BCUT2D eigenvalue weighted by Gasteiger charge is -2.16. The maximum atomic E-state index is 11.1. The predicted octanol–water partition coefficient (Wildman–Crippen LogP) is 2.93. The number of ether oxygens (including phenoxy) is 3. The molecule has 0 aliphatic carbocycles. The molecule has 0 radical (unpaired) electrons. The predicted molar refractivity (Wildman–Crippen MR) is 122 cm³/mol. The van der Waals surface area contributed by atoms with E-state index in [9.17, 15) is 9.90 Å². The molecule has 1 atom stereocenters. The lowest BCUT2D eigenvalue weighted by Crippen LogP contribution is -2.39. The van der Waals surface area contributed by atoms with Gasteiger partial charge in [-0.25, -0.2) is 0 Å². The smallest absolute Gasteiger partial charge is 0.323 e. The van der Waals surface area contributed by atoms with Gasteiger partial charge in [-0.1, -0.05) is 60.1 Å². The fourth-order valence-corrected chi connectivity index (χ4v) is 3.40. The lowest BCUT2D eigenvalue weighted by atomic mass is 10.0. The SMILES string of the molecule is COc1nc(OCc2cccc(-c3ccccc3)c2Cl)nc(OC)c1CNC(CO)C(=O)O. The number of carboxylic acid groups (broad SMARTS) is 1. The number of nitrogens with zero attached hydrogens (tertiary/aromatic N) is 2. The number of carbonyl (C=O) groups is 1. The summed E-state index contributed by atoms with van der Waals surface area (Å²) in [6, 6.07) is 14.3. The Morgan fingerprint density at radius 1 is 1.06 bits per heavy atom. The molecule has 3 aromatic rings. The Hall–Kier alpha value is -3.40. The van der Waals surface area contributed by atoms with Crippen LogP contribution in [0.25, 0.3) is 11.1 Å². The second-order valence-corrected chi connectivity index (χ2v) is 7.27. The number of methoxy groups -OCH3 is 2. The summed E-state index contributed by atoms with van der Waals surface area (Å²) in [7, 11) is 2.83. The van der Waals surface area contributed by atoms with Crippen LogP contribution in [0.3, 0.4) is 0 Å². The Labute approximate surface area is 195 Å². The third-order valence-corrected chi connectivity index (χ3v) is 5.27. The van der Waals surface area contributed by atoms with Gasteiger partial charge in [0.05, 0.1) is 31.4 Å². The second kappa shape index (κ2) is 11.5. The zero-order valence-electron chi connectivity index (χ0n) is 18.1. The summed E-state index contributed by atoms with van der Waals surface area (Å²) in [5.74, 6) is -0.892. The van der Waals surface area contributed by atoms with E-state index in [1.54, 1.807) is 0 Å². The van der Waals surface area contributed by atoms with Gasteiger partial charge in [0, 0.05) is 17.7 Å². The molecule has 0 saturated heterocycles. The number of benzene rings is 2. The van der Waals surface area contributed by atoms with Gasteiger partial charge < -0.3 is 24.4 Å². The Kier molecular flexibility index (Phi) is 8.42. The first-order chi connectivity index (χ1) is 16.0. The molecule has 1 aromatic heterocycles. The molecule has 0 fully saturated rings. The Balaban J connectivity index is 1.80. The molecule has 10 heteroatoms.